The Morgan fingerprint density at radius 2 is 1.83 bits per heavy atom. The molecule has 0 amide bonds. The van der Waals surface area contributed by atoms with Gasteiger partial charge >= 0.3 is 0 Å². The monoisotopic (exact) mass is 281 g/mol. The lowest BCUT2D eigenvalue weighted by Crippen LogP contribution is -1.96. The Bertz CT molecular complexity index is 543. The fraction of sp³-hybridized carbons (Fsp3) is 0.143. The highest BCUT2D eigenvalue weighted by atomic mass is 35.5. The molecular weight excluding hydrogens is 269 g/mol. The van der Waals surface area contributed by atoms with Crippen LogP contribution in [0.5, 0.6) is 0 Å². The summed E-state index contributed by atoms with van der Waals surface area (Å²) in [6.07, 6.45) is 0. The molecule has 0 bridgehead atoms. The molecule has 4 heteroatoms. The lowest BCUT2D eigenvalue weighted by atomic mass is 10.2. The molecule has 0 spiro atoms. The van der Waals surface area contributed by atoms with Crippen molar-refractivity contribution in [2.45, 2.75) is 13.2 Å². The number of ether oxygens (including phenoxy) is 1. The predicted octanol–water partition coefficient (Wildman–Crippen LogP) is 4.29. The number of hydrogen-bond donors (Lipinski definition) is 1. The van der Waals surface area contributed by atoms with Crippen molar-refractivity contribution in [2.75, 3.05) is 5.73 Å². The van der Waals surface area contributed by atoms with Gasteiger partial charge in [0.1, 0.15) is 0 Å². The SMILES string of the molecule is Nc1ccc(COCc2cccc(Cl)c2)c(Cl)c1. The van der Waals surface area contributed by atoms with Crippen LogP contribution >= 0.6 is 23.2 Å². The third kappa shape index (κ3) is 3.64. The molecule has 0 heterocycles. The van der Waals surface area contributed by atoms with Crippen LogP contribution in [-0.2, 0) is 18.0 Å². The van der Waals surface area contributed by atoms with Gasteiger partial charge in [-0.05, 0) is 35.4 Å². The largest absolute Gasteiger partial charge is 0.399 e. The van der Waals surface area contributed by atoms with E-state index in [1.165, 1.54) is 0 Å². The van der Waals surface area contributed by atoms with Crippen LogP contribution in [0.1, 0.15) is 11.1 Å². The molecule has 0 fully saturated rings. The highest BCUT2D eigenvalue weighted by molar-refractivity contribution is 6.31. The van der Waals surface area contributed by atoms with Crippen LogP contribution in [0.3, 0.4) is 0 Å². The molecule has 0 saturated heterocycles. The molecule has 2 nitrogen and oxygen atoms in total. The van der Waals surface area contributed by atoms with Crippen molar-refractivity contribution in [2.24, 2.45) is 0 Å². The Morgan fingerprint density at radius 1 is 1.00 bits per heavy atom. The van der Waals surface area contributed by atoms with E-state index in [0.717, 1.165) is 11.1 Å². The van der Waals surface area contributed by atoms with E-state index in [9.17, 15) is 0 Å². The fourth-order valence-corrected chi connectivity index (χ4v) is 2.04. The molecule has 2 aromatic carbocycles. The highest BCUT2D eigenvalue weighted by Gasteiger charge is 2.01. The Balaban J connectivity index is 1.92. The molecule has 0 aliphatic carbocycles. The van der Waals surface area contributed by atoms with E-state index in [4.69, 9.17) is 33.7 Å². The zero-order chi connectivity index (χ0) is 13.0. The lowest BCUT2D eigenvalue weighted by Gasteiger charge is -2.07. The van der Waals surface area contributed by atoms with E-state index in [1.807, 2.05) is 36.4 Å². The molecule has 2 N–H and O–H groups in total. The van der Waals surface area contributed by atoms with Gasteiger partial charge in [-0.1, -0.05) is 41.4 Å². The number of hydrogen-bond acceptors (Lipinski definition) is 2. The molecule has 0 aliphatic heterocycles. The molecule has 0 saturated carbocycles. The summed E-state index contributed by atoms with van der Waals surface area (Å²) in [7, 11) is 0. The molecule has 18 heavy (non-hydrogen) atoms. The summed E-state index contributed by atoms with van der Waals surface area (Å²) in [5.41, 5.74) is 8.24. The second kappa shape index (κ2) is 6.10. The first-order chi connectivity index (χ1) is 8.65. The Hall–Kier alpha value is -1.22. The first-order valence-corrected chi connectivity index (χ1v) is 6.27. The van der Waals surface area contributed by atoms with Gasteiger partial charge in [-0.3, -0.25) is 0 Å². The van der Waals surface area contributed by atoms with Gasteiger partial charge in [-0.2, -0.15) is 0 Å². The normalized spacial score (nSPS) is 10.6. The summed E-state index contributed by atoms with van der Waals surface area (Å²) < 4.78 is 5.60. The maximum Gasteiger partial charge on any atom is 0.0735 e. The van der Waals surface area contributed by atoms with Gasteiger partial charge in [0.15, 0.2) is 0 Å². The molecule has 0 aromatic heterocycles. The summed E-state index contributed by atoms with van der Waals surface area (Å²) >= 11 is 11.9. The Labute approximate surface area is 116 Å². The molecule has 2 rings (SSSR count). The van der Waals surface area contributed by atoms with Crippen molar-refractivity contribution in [3.05, 3.63) is 63.6 Å². The summed E-state index contributed by atoms with van der Waals surface area (Å²) in [6.45, 7) is 0.951. The van der Waals surface area contributed by atoms with Crippen molar-refractivity contribution in [3.63, 3.8) is 0 Å². The van der Waals surface area contributed by atoms with Gasteiger partial charge in [0.25, 0.3) is 0 Å². The molecule has 0 radical (unpaired) electrons. The van der Waals surface area contributed by atoms with Crippen LogP contribution in [0.4, 0.5) is 5.69 Å². The van der Waals surface area contributed by atoms with Gasteiger partial charge in [0.2, 0.25) is 0 Å². The fourth-order valence-electron chi connectivity index (χ4n) is 1.59. The summed E-state index contributed by atoms with van der Waals surface area (Å²) in [6, 6.07) is 13.0. The molecule has 0 unspecified atom stereocenters. The van der Waals surface area contributed by atoms with E-state index in [-0.39, 0.29) is 0 Å². The smallest absolute Gasteiger partial charge is 0.0735 e. The Kier molecular flexibility index (Phi) is 4.48. The number of anilines is 1. The average molecular weight is 282 g/mol. The van der Waals surface area contributed by atoms with E-state index in [2.05, 4.69) is 0 Å². The van der Waals surface area contributed by atoms with E-state index in [1.54, 1.807) is 6.07 Å². The minimum Gasteiger partial charge on any atom is -0.399 e. The van der Waals surface area contributed by atoms with Crippen LogP contribution in [0.25, 0.3) is 0 Å². The predicted molar refractivity (Wildman–Crippen MR) is 75.8 cm³/mol. The Morgan fingerprint density at radius 3 is 2.56 bits per heavy atom. The number of nitrogens with two attached hydrogens (primary N) is 1. The molecule has 0 atom stereocenters. The summed E-state index contributed by atoms with van der Waals surface area (Å²) in [5.74, 6) is 0. The molecule has 94 valence electrons. The van der Waals surface area contributed by atoms with Crippen molar-refractivity contribution in [1.29, 1.82) is 0 Å². The van der Waals surface area contributed by atoms with Crippen molar-refractivity contribution >= 4 is 28.9 Å². The van der Waals surface area contributed by atoms with Crippen LogP contribution in [0, 0.1) is 0 Å². The molecule has 2 aromatic rings. The van der Waals surface area contributed by atoms with Crippen LogP contribution in [-0.4, -0.2) is 0 Å². The quantitative estimate of drug-likeness (QED) is 0.849. The highest BCUT2D eigenvalue weighted by Crippen LogP contribution is 2.20. The van der Waals surface area contributed by atoms with Crippen molar-refractivity contribution < 1.29 is 4.74 Å². The second-order valence-electron chi connectivity index (χ2n) is 3.97. The van der Waals surface area contributed by atoms with Crippen LogP contribution < -0.4 is 5.73 Å². The molecular formula is C14H13Cl2NO. The number of halogens is 2. The topological polar surface area (TPSA) is 35.2 Å². The van der Waals surface area contributed by atoms with Crippen LogP contribution in [0.15, 0.2) is 42.5 Å². The van der Waals surface area contributed by atoms with Crippen LogP contribution in [0.2, 0.25) is 10.0 Å². The minimum atomic E-state index is 0.450. The van der Waals surface area contributed by atoms with Gasteiger partial charge < -0.3 is 10.5 Å². The third-order valence-corrected chi connectivity index (χ3v) is 3.08. The van der Waals surface area contributed by atoms with Crippen molar-refractivity contribution in [3.8, 4) is 0 Å². The number of nitrogen functional groups attached to an aromatic ring is 1. The summed E-state index contributed by atoms with van der Waals surface area (Å²) in [4.78, 5) is 0. The number of rotatable bonds is 4. The average Bonchev–Trinajstić information content (AvgIpc) is 2.32. The zero-order valence-corrected chi connectivity index (χ0v) is 11.2. The van der Waals surface area contributed by atoms with Gasteiger partial charge in [0, 0.05) is 15.7 Å². The third-order valence-electron chi connectivity index (χ3n) is 2.49. The van der Waals surface area contributed by atoms with Gasteiger partial charge in [0.05, 0.1) is 13.2 Å². The van der Waals surface area contributed by atoms with Gasteiger partial charge in [-0.25, -0.2) is 0 Å². The zero-order valence-electron chi connectivity index (χ0n) is 9.70. The number of benzene rings is 2. The maximum absolute atomic E-state index is 6.06. The van der Waals surface area contributed by atoms with E-state index < -0.39 is 0 Å². The van der Waals surface area contributed by atoms with E-state index >= 15 is 0 Å². The second-order valence-corrected chi connectivity index (χ2v) is 4.82. The minimum absolute atomic E-state index is 0.450. The summed E-state index contributed by atoms with van der Waals surface area (Å²) in [5, 5.41) is 1.34. The van der Waals surface area contributed by atoms with Crippen molar-refractivity contribution in [1.82, 2.24) is 0 Å². The maximum atomic E-state index is 6.06. The molecule has 0 aliphatic rings. The first-order valence-electron chi connectivity index (χ1n) is 5.51. The van der Waals surface area contributed by atoms with Gasteiger partial charge in [-0.15, -0.1) is 0 Å². The standard InChI is InChI=1S/C14H13Cl2NO/c15-12-3-1-2-10(6-12)8-18-9-11-4-5-13(17)7-14(11)16/h1-7H,8-9,17H2. The first kappa shape index (κ1) is 13.2. The lowest BCUT2D eigenvalue weighted by molar-refractivity contribution is 0.107. The van der Waals surface area contributed by atoms with E-state index in [0.29, 0.717) is 28.9 Å².